The highest BCUT2D eigenvalue weighted by Gasteiger charge is 2.55. The highest BCUT2D eigenvalue weighted by atomic mass is 19.1. The molecule has 2 fully saturated rings. The molecule has 0 bridgehead atoms. The average molecular weight is 401 g/mol. The number of aliphatic hydroxyl groups is 1. The first-order valence-electron chi connectivity index (χ1n) is 9.87. The van der Waals surface area contributed by atoms with Crippen LogP contribution in [0.5, 0.6) is 5.75 Å². The Morgan fingerprint density at radius 3 is 2.59 bits per heavy atom. The quantitative estimate of drug-likeness (QED) is 0.753. The first-order chi connectivity index (χ1) is 13.7. The number of halogens is 2. The summed E-state index contributed by atoms with van der Waals surface area (Å²) in [5.41, 5.74) is -0.281. The Labute approximate surface area is 168 Å². The summed E-state index contributed by atoms with van der Waals surface area (Å²) in [4.78, 5) is 14.6. The number of ketones is 1. The van der Waals surface area contributed by atoms with Crippen LogP contribution >= 0.6 is 0 Å². The highest BCUT2D eigenvalue weighted by Crippen LogP contribution is 2.53. The van der Waals surface area contributed by atoms with Gasteiger partial charge >= 0.3 is 0 Å². The van der Waals surface area contributed by atoms with Gasteiger partial charge in [-0.2, -0.15) is 0 Å². The van der Waals surface area contributed by atoms with Gasteiger partial charge in [0, 0.05) is 31.1 Å². The van der Waals surface area contributed by atoms with Gasteiger partial charge in [0.25, 0.3) is 0 Å². The van der Waals surface area contributed by atoms with Gasteiger partial charge in [-0.15, -0.1) is 0 Å². The van der Waals surface area contributed by atoms with E-state index in [2.05, 4.69) is 11.8 Å². The summed E-state index contributed by atoms with van der Waals surface area (Å²) in [5.74, 6) is -0.910. The maximum Gasteiger partial charge on any atom is 0.176 e. The molecule has 1 heterocycles. The van der Waals surface area contributed by atoms with Crippen LogP contribution in [0.3, 0.4) is 0 Å². The third-order valence-corrected chi connectivity index (χ3v) is 6.50. The lowest BCUT2D eigenvalue weighted by Crippen LogP contribution is -2.36. The molecule has 6 heteroatoms. The number of benzene rings is 2. The van der Waals surface area contributed by atoms with Gasteiger partial charge in [-0.25, -0.2) is 8.78 Å². The molecular weight excluding hydrogens is 376 g/mol. The number of carbonyl (C=O) groups excluding carboxylic acids is 1. The number of hydrogen-bond acceptors (Lipinski definition) is 4. The number of fused-ring (bicyclic) bond motifs is 1. The summed E-state index contributed by atoms with van der Waals surface area (Å²) in [7, 11) is 0. The van der Waals surface area contributed by atoms with Gasteiger partial charge in [0.15, 0.2) is 5.78 Å². The number of aromatic hydroxyl groups is 1. The van der Waals surface area contributed by atoms with Crippen LogP contribution in [-0.2, 0) is 6.42 Å². The molecule has 154 valence electrons. The van der Waals surface area contributed by atoms with Crippen LogP contribution in [0, 0.1) is 23.0 Å². The molecule has 2 aromatic rings. The largest absolute Gasteiger partial charge is 0.508 e. The monoisotopic (exact) mass is 401 g/mol. The molecule has 2 N–H and O–H groups in total. The van der Waals surface area contributed by atoms with Crippen LogP contribution in [0.4, 0.5) is 8.78 Å². The second-order valence-corrected chi connectivity index (χ2v) is 9.01. The maximum atomic E-state index is 14.0. The van der Waals surface area contributed by atoms with E-state index in [0.29, 0.717) is 43.6 Å². The van der Waals surface area contributed by atoms with E-state index in [1.165, 1.54) is 24.3 Å². The molecule has 1 aliphatic heterocycles. The van der Waals surface area contributed by atoms with Crippen molar-refractivity contribution in [1.82, 2.24) is 4.90 Å². The maximum absolute atomic E-state index is 14.0. The van der Waals surface area contributed by atoms with E-state index in [1.54, 1.807) is 12.1 Å². The van der Waals surface area contributed by atoms with E-state index in [-0.39, 0.29) is 29.3 Å². The minimum absolute atomic E-state index is 0.00258. The minimum Gasteiger partial charge on any atom is -0.508 e. The van der Waals surface area contributed by atoms with E-state index in [4.69, 9.17) is 0 Å². The van der Waals surface area contributed by atoms with E-state index >= 15 is 0 Å². The fraction of sp³-hybridized carbons (Fsp3) is 0.435. The lowest BCUT2D eigenvalue weighted by atomic mass is 9.82. The fourth-order valence-corrected chi connectivity index (χ4v) is 5.25. The molecule has 0 spiro atoms. The normalized spacial score (nSPS) is 29.2. The standard InChI is InChI=1S/C23H25F2NO3/c1-22-13-23(29,9-16-2-5-18(24)8-20(16)25)10-17(22)11-26(14-22)12-21(28)15-3-6-19(27)7-4-15/h2-8,17,27,29H,9-14H2,1H3. The van der Waals surface area contributed by atoms with Gasteiger partial charge in [-0.05, 0) is 60.1 Å². The zero-order chi connectivity index (χ0) is 20.8. The lowest BCUT2D eigenvalue weighted by molar-refractivity contribution is 0.0283. The number of hydrogen-bond donors (Lipinski definition) is 2. The molecule has 1 aliphatic carbocycles. The van der Waals surface area contributed by atoms with Crippen molar-refractivity contribution in [2.75, 3.05) is 19.6 Å². The molecule has 3 unspecified atom stereocenters. The van der Waals surface area contributed by atoms with Crippen LogP contribution in [0.25, 0.3) is 0 Å². The lowest BCUT2D eigenvalue weighted by Gasteiger charge is -2.29. The first kappa shape index (κ1) is 20.0. The molecule has 3 atom stereocenters. The zero-order valence-corrected chi connectivity index (χ0v) is 16.4. The Hall–Kier alpha value is -2.31. The Bertz CT molecular complexity index is 932. The molecule has 4 nitrogen and oxygen atoms in total. The summed E-state index contributed by atoms with van der Waals surface area (Å²) >= 11 is 0. The summed E-state index contributed by atoms with van der Waals surface area (Å²) in [6.07, 6.45) is 1.22. The highest BCUT2D eigenvalue weighted by molar-refractivity contribution is 5.97. The Kier molecular flexibility index (Phi) is 4.95. The second-order valence-electron chi connectivity index (χ2n) is 9.01. The number of carbonyl (C=O) groups is 1. The van der Waals surface area contributed by atoms with E-state index < -0.39 is 17.2 Å². The van der Waals surface area contributed by atoms with Gasteiger partial charge < -0.3 is 10.2 Å². The Morgan fingerprint density at radius 2 is 1.93 bits per heavy atom. The molecule has 0 aromatic heterocycles. The Morgan fingerprint density at radius 1 is 1.21 bits per heavy atom. The molecule has 2 aromatic carbocycles. The molecule has 1 saturated carbocycles. The van der Waals surface area contributed by atoms with Crippen molar-refractivity contribution < 1.29 is 23.8 Å². The van der Waals surface area contributed by atoms with Crippen molar-refractivity contribution in [1.29, 1.82) is 0 Å². The molecular formula is C23H25F2NO3. The molecule has 1 saturated heterocycles. The zero-order valence-electron chi connectivity index (χ0n) is 16.4. The first-order valence-corrected chi connectivity index (χ1v) is 9.87. The molecule has 0 radical (unpaired) electrons. The van der Waals surface area contributed by atoms with E-state index in [9.17, 15) is 23.8 Å². The number of Topliss-reactive ketones (excluding diaryl/α,β-unsaturated/α-hetero) is 1. The van der Waals surface area contributed by atoms with Crippen LogP contribution in [0.2, 0.25) is 0 Å². The minimum atomic E-state index is -1.02. The molecule has 29 heavy (non-hydrogen) atoms. The predicted molar refractivity (Wildman–Crippen MR) is 105 cm³/mol. The number of likely N-dealkylation sites (tertiary alicyclic amines) is 1. The van der Waals surface area contributed by atoms with Crippen molar-refractivity contribution >= 4 is 5.78 Å². The summed E-state index contributed by atoms with van der Waals surface area (Å²) < 4.78 is 27.2. The SMILES string of the molecule is CC12CN(CC(=O)c3ccc(O)cc3)CC1CC(O)(Cc1ccc(F)cc1F)C2. The van der Waals surface area contributed by atoms with Gasteiger partial charge in [0.1, 0.15) is 17.4 Å². The van der Waals surface area contributed by atoms with Crippen molar-refractivity contribution in [3.8, 4) is 5.75 Å². The summed E-state index contributed by atoms with van der Waals surface area (Å²) in [6, 6.07) is 9.72. The van der Waals surface area contributed by atoms with Gasteiger partial charge in [0.2, 0.25) is 0 Å². The Balaban J connectivity index is 1.40. The number of phenolic OH excluding ortho intramolecular Hbond substituents is 1. The van der Waals surface area contributed by atoms with Crippen LogP contribution in [-0.4, -0.2) is 46.1 Å². The third-order valence-electron chi connectivity index (χ3n) is 6.50. The fourth-order valence-electron chi connectivity index (χ4n) is 5.25. The molecule has 2 aliphatic rings. The van der Waals surface area contributed by atoms with Gasteiger partial charge in [0.05, 0.1) is 12.1 Å². The molecule has 4 rings (SSSR count). The second kappa shape index (κ2) is 7.18. The van der Waals surface area contributed by atoms with Crippen molar-refractivity contribution in [2.45, 2.75) is 31.8 Å². The topological polar surface area (TPSA) is 60.8 Å². The van der Waals surface area contributed by atoms with Crippen LogP contribution in [0.15, 0.2) is 42.5 Å². The smallest absolute Gasteiger partial charge is 0.176 e. The van der Waals surface area contributed by atoms with Gasteiger partial charge in [-0.1, -0.05) is 13.0 Å². The number of rotatable bonds is 5. The summed E-state index contributed by atoms with van der Waals surface area (Å²) in [6.45, 7) is 3.80. The van der Waals surface area contributed by atoms with E-state index in [1.807, 2.05) is 0 Å². The van der Waals surface area contributed by atoms with Crippen LogP contribution in [0.1, 0.15) is 35.7 Å². The summed E-state index contributed by atoms with van der Waals surface area (Å²) in [5, 5.41) is 20.5. The van der Waals surface area contributed by atoms with Crippen LogP contribution < -0.4 is 0 Å². The van der Waals surface area contributed by atoms with Crippen molar-refractivity contribution in [3.05, 3.63) is 65.2 Å². The average Bonchev–Trinajstić information content (AvgIpc) is 3.04. The van der Waals surface area contributed by atoms with E-state index in [0.717, 1.165) is 6.07 Å². The van der Waals surface area contributed by atoms with Crippen molar-refractivity contribution in [2.24, 2.45) is 11.3 Å². The van der Waals surface area contributed by atoms with Crippen molar-refractivity contribution in [3.63, 3.8) is 0 Å². The molecule has 0 amide bonds. The van der Waals surface area contributed by atoms with Gasteiger partial charge in [-0.3, -0.25) is 9.69 Å². The number of nitrogens with zero attached hydrogens (tertiary/aromatic N) is 1. The number of phenols is 1. The third kappa shape index (κ3) is 4.05. The predicted octanol–water partition coefficient (Wildman–Crippen LogP) is 3.56.